The number of nitrogens with zero attached hydrogens (tertiary/aromatic N) is 5. The van der Waals surface area contributed by atoms with Crippen LogP contribution in [0.15, 0.2) is 54.7 Å². The quantitative estimate of drug-likeness (QED) is 0.690. The average Bonchev–Trinajstić information content (AvgIpc) is 3.40. The van der Waals surface area contributed by atoms with Crippen molar-refractivity contribution in [1.29, 1.82) is 0 Å². The van der Waals surface area contributed by atoms with Crippen LogP contribution in [-0.4, -0.2) is 40.5 Å². The summed E-state index contributed by atoms with van der Waals surface area (Å²) in [6, 6.07) is 15.4. The lowest BCUT2D eigenvalue weighted by atomic mass is 10.1. The Morgan fingerprint density at radius 3 is 2.66 bits per heavy atom. The van der Waals surface area contributed by atoms with Crippen molar-refractivity contribution < 1.29 is 4.79 Å². The predicted molar refractivity (Wildman–Crippen MR) is 113 cm³/mol. The monoisotopic (exact) mass is 385 g/mol. The standard InChI is InChI=1S/C23H23N5O/c1-27(20-13-15-28(23(20)29)16-8-3-2-4-9-16)22-17-10-7-12-18(17)25-21(26-22)19-11-5-6-14-24-19/h2-6,8-9,11,14,20H,7,10,12-13,15H2,1H3/t20-/m0/s1. The smallest absolute Gasteiger partial charge is 0.249 e. The van der Waals surface area contributed by atoms with Gasteiger partial charge in [0, 0.05) is 36.7 Å². The molecule has 0 radical (unpaired) electrons. The first-order chi connectivity index (χ1) is 14.2. The molecule has 29 heavy (non-hydrogen) atoms. The number of fused-ring (bicyclic) bond motifs is 1. The minimum absolute atomic E-state index is 0.128. The topological polar surface area (TPSA) is 62.2 Å². The number of aromatic nitrogens is 3. The second kappa shape index (κ2) is 7.28. The van der Waals surface area contributed by atoms with Crippen molar-refractivity contribution in [3.05, 3.63) is 66.0 Å². The normalized spacial score (nSPS) is 18.2. The molecule has 2 aromatic heterocycles. The first kappa shape index (κ1) is 17.8. The Balaban J connectivity index is 1.49. The van der Waals surface area contributed by atoms with Crippen molar-refractivity contribution in [1.82, 2.24) is 15.0 Å². The van der Waals surface area contributed by atoms with Crippen LogP contribution >= 0.6 is 0 Å². The molecule has 6 nitrogen and oxygen atoms in total. The first-order valence-corrected chi connectivity index (χ1v) is 10.1. The molecule has 0 N–H and O–H groups in total. The summed E-state index contributed by atoms with van der Waals surface area (Å²) in [6.45, 7) is 0.720. The molecule has 3 heterocycles. The van der Waals surface area contributed by atoms with Crippen LogP contribution in [0.1, 0.15) is 24.1 Å². The Kier molecular flexibility index (Phi) is 4.46. The summed E-state index contributed by atoms with van der Waals surface area (Å²) >= 11 is 0. The largest absolute Gasteiger partial charge is 0.347 e. The fourth-order valence-corrected chi connectivity index (χ4v) is 4.35. The molecule has 1 aliphatic carbocycles. The Bertz CT molecular complexity index is 1040. The van der Waals surface area contributed by atoms with Crippen LogP contribution in [0.2, 0.25) is 0 Å². The molecule has 1 saturated heterocycles. The van der Waals surface area contributed by atoms with E-state index < -0.39 is 0 Å². The molecule has 0 spiro atoms. The summed E-state index contributed by atoms with van der Waals surface area (Å²) in [7, 11) is 1.99. The first-order valence-electron chi connectivity index (χ1n) is 10.1. The van der Waals surface area contributed by atoms with Crippen LogP contribution in [0.3, 0.4) is 0 Å². The molecule has 0 unspecified atom stereocenters. The number of amides is 1. The summed E-state index contributed by atoms with van der Waals surface area (Å²) in [4.78, 5) is 31.2. The van der Waals surface area contributed by atoms with E-state index in [1.165, 1.54) is 5.56 Å². The van der Waals surface area contributed by atoms with Gasteiger partial charge in [-0.1, -0.05) is 24.3 Å². The van der Waals surface area contributed by atoms with Crippen molar-refractivity contribution in [2.24, 2.45) is 0 Å². The van der Waals surface area contributed by atoms with Crippen LogP contribution in [0.5, 0.6) is 0 Å². The van der Waals surface area contributed by atoms with Gasteiger partial charge in [-0.3, -0.25) is 9.78 Å². The van der Waals surface area contributed by atoms with E-state index in [0.29, 0.717) is 5.82 Å². The summed E-state index contributed by atoms with van der Waals surface area (Å²) in [6.07, 6.45) is 5.52. The molecule has 1 fully saturated rings. The number of likely N-dealkylation sites (N-methyl/N-ethyl adjacent to an activating group) is 1. The van der Waals surface area contributed by atoms with Gasteiger partial charge in [0.25, 0.3) is 0 Å². The highest BCUT2D eigenvalue weighted by Crippen LogP contribution is 2.33. The van der Waals surface area contributed by atoms with Gasteiger partial charge >= 0.3 is 0 Å². The number of anilines is 2. The zero-order chi connectivity index (χ0) is 19.8. The van der Waals surface area contributed by atoms with Gasteiger partial charge in [0.2, 0.25) is 5.91 Å². The Labute approximate surface area is 170 Å². The second-order valence-corrected chi connectivity index (χ2v) is 7.61. The molecule has 0 bridgehead atoms. The number of rotatable bonds is 4. The van der Waals surface area contributed by atoms with E-state index >= 15 is 0 Å². The van der Waals surface area contributed by atoms with E-state index in [1.807, 2.05) is 60.5 Å². The maximum absolute atomic E-state index is 13.2. The molecule has 6 heteroatoms. The third-order valence-corrected chi connectivity index (χ3v) is 5.85. The third-order valence-electron chi connectivity index (χ3n) is 5.85. The summed E-state index contributed by atoms with van der Waals surface area (Å²) in [5, 5.41) is 0. The highest BCUT2D eigenvalue weighted by Gasteiger charge is 2.37. The highest BCUT2D eigenvalue weighted by atomic mass is 16.2. The molecule has 1 aromatic carbocycles. The number of hydrogen-bond donors (Lipinski definition) is 0. The van der Waals surface area contributed by atoms with Gasteiger partial charge < -0.3 is 9.80 Å². The molecule has 5 rings (SSSR count). The minimum Gasteiger partial charge on any atom is -0.347 e. The SMILES string of the molecule is CN(c1nc(-c2ccccn2)nc2c1CCC2)[C@H]1CCN(c2ccccc2)C1=O. The maximum Gasteiger partial charge on any atom is 0.249 e. The molecular formula is C23H23N5O. The Morgan fingerprint density at radius 1 is 1.03 bits per heavy atom. The number of carbonyl (C=O) groups is 1. The molecule has 1 amide bonds. The van der Waals surface area contributed by atoms with E-state index in [-0.39, 0.29) is 11.9 Å². The zero-order valence-electron chi connectivity index (χ0n) is 16.5. The Morgan fingerprint density at radius 2 is 1.86 bits per heavy atom. The van der Waals surface area contributed by atoms with Crippen LogP contribution in [-0.2, 0) is 17.6 Å². The van der Waals surface area contributed by atoms with Crippen LogP contribution in [0.25, 0.3) is 11.5 Å². The molecule has 146 valence electrons. The van der Waals surface area contributed by atoms with E-state index in [9.17, 15) is 4.79 Å². The van der Waals surface area contributed by atoms with Crippen molar-refractivity contribution in [2.75, 3.05) is 23.4 Å². The molecular weight excluding hydrogens is 362 g/mol. The predicted octanol–water partition coefficient (Wildman–Crippen LogP) is 3.27. The lowest BCUT2D eigenvalue weighted by Crippen LogP contribution is -2.40. The van der Waals surface area contributed by atoms with E-state index in [2.05, 4.69) is 9.88 Å². The van der Waals surface area contributed by atoms with E-state index in [0.717, 1.165) is 55.1 Å². The number of carbonyl (C=O) groups excluding carboxylic acids is 1. The second-order valence-electron chi connectivity index (χ2n) is 7.61. The summed E-state index contributed by atoms with van der Waals surface area (Å²) in [5.74, 6) is 1.64. The zero-order valence-corrected chi connectivity index (χ0v) is 16.5. The Hall–Kier alpha value is -3.28. The number of pyridine rings is 1. The van der Waals surface area contributed by atoms with Gasteiger partial charge in [-0.25, -0.2) is 9.97 Å². The van der Waals surface area contributed by atoms with E-state index in [4.69, 9.17) is 9.97 Å². The van der Waals surface area contributed by atoms with E-state index in [1.54, 1.807) is 6.20 Å². The van der Waals surface area contributed by atoms with Gasteiger partial charge in [0.1, 0.15) is 17.6 Å². The fraction of sp³-hybridized carbons (Fsp3) is 0.304. The van der Waals surface area contributed by atoms with Crippen LogP contribution < -0.4 is 9.80 Å². The van der Waals surface area contributed by atoms with Crippen LogP contribution in [0, 0.1) is 0 Å². The average molecular weight is 385 g/mol. The highest BCUT2D eigenvalue weighted by molar-refractivity contribution is 6.01. The lowest BCUT2D eigenvalue weighted by Gasteiger charge is -2.27. The molecule has 1 atom stereocenters. The maximum atomic E-state index is 13.2. The number of aryl methyl sites for hydroxylation is 1. The third kappa shape index (κ3) is 3.14. The number of para-hydroxylation sites is 1. The number of hydrogen-bond acceptors (Lipinski definition) is 5. The lowest BCUT2D eigenvalue weighted by molar-refractivity contribution is -0.118. The summed E-state index contributed by atoms with van der Waals surface area (Å²) < 4.78 is 0. The van der Waals surface area contributed by atoms with Gasteiger partial charge in [0.05, 0.1) is 0 Å². The van der Waals surface area contributed by atoms with Crippen LogP contribution in [0.4, 0.5) is 11.5 Å². The van der Waals surface area contributed by atoms with Gasteiger partial charge in [-0.15, -0.1) is 0 Å². The minimum atomic E-state index is -0.216. The molecule has 1 aliphatic heterocycles. The fourth-order valence-electron chi connectivity index (χ4n) is 4.35. The van der Waals surface area contributed by atoms with Crippen molar-refractivity contribution in [2.45, 2.75) is 31.7 Å². The molecule has 3 aromatic rings. The molecule has 2 aliphatic rings. The number of benzene rings is 1. The van der Waals surface area contributed by atoms with Gasteiger partial charge in [-0.05, 0) is 49.9 Å². The summed E-state index contributed by atoms with van der Waals surface area (Å²) in [5.41, 5.74) is 3.99. The van der Waals surface area contributed by atoms with Gasteiger partial charge in [-0.2, -0.15) is 0 Å². The van der Waals surface area contributed by atoms with Crippen molar-refractivity contribution in [3.8, 4) is 11.5 Å². The van der Waals surface area contributed by atoms with Gasteiger partial charge in [0.15, 0.2) is 5.82 Å². The van der Waals surface area contributed by atoms with Crippen molar-refractivity contribution >= 4 is 17.4 Å². The molecule has 0 saturated carbocycles. The van der Waals surface area contributed by atoms with Crippen molar-refractivity contribution in [3.63, 3.8) is 0 Å².